The Bertz CT molecular complexity index is 1560. The van der Waals surface area contributed by atoms with Gasteiger partial charge in [-0.15, -0.1) is 0 Å². The third kappa shape index (κ3) is 4.90. The summed E-state index contributed by atoms with van der Waals surface area (Å²) in [7, 11) is 2.34. The molecular weight excluding hydrogens is 557 g/mol. The first-order valence-corrected chi connectivity index (χ1v) is 13.5. The van der Waals surface area contributed by atoms with Crippen LogP contribution in [0.1, 0.15) is 34.9 Å². The molecule has 212 valence electrons. The van der Waals surface area contributed by atoms with E-state index >= 15 is 0 Å². The number of methoxy groups -OCH3 is 2. The Balaban J connectivity index is 1.82. The van der Waals surface area contributed by atoms with Gasteiger partial charge in [0, 0.05) is 22.9 Å². The summed E-state index contributed by atoms with van der Waals surface area (Å²) < 4.78 is 51.3. The van der Waals surface area contributed by atoms with Gasteiger partial charge in [-0.05, 0) is 52.6 Å². The third-order valence-electron chi connectivity index (χ3n) is 7.43. The van der Waals surface area contributed by atoms with Crippen LogP contribution in [0.4, 0.5) is 18.9 Å². The minimum Gasteiger partial charge on any atom is -0.468 e. The van der Waals surface area contributed by atoms with E-state index in [4.69, 9.17) is 15.2 Å². The number of nitrogens with two attached hydrogens (primary N) is 1. The lowest BCUT2D eigenvalue weighted by molar-refractivity contribution is -0.150. The van der Waals surface area contributed by atoms with Gasteiger partial charge >= 0.3 is 18.1 Å². The molecule has 5 rings (SSSR count). The van der Waals surface area contributed by atoms with E-state index in [-0.39, 0.29) is 29.1 Å². The Morgan fingerprint density at radius 3 is 2.34 bits per heavy atom. The van der Waals surface area contributed by atoms with Crippen molar-refractivity contribution in [2.45, 2.75) is 24.4 Å². The van der Waals surface area contributed by atoms with Crippen LogP contribution in [-0.2, 0) is 30.0 Å². The summed E-state index contributed by atoms with van der Waals surface area (Å²) in [4.78, 5) is 42.1. The van der Waals surface area contributed by atoms with Crippen molar-refractivity contribution < 1.29 is 37.0 Å². The van der Waals surface area contributed by atoms with E-state index in [0.717, 1.165) is 19.2 Å². The summed E-state index contributed by atoms with van der Waals surface area (Å²) in [6.07, 6.45) is -4.60. The molecule has 1 aromatic heterocycles. The maximum absolute atomic E-state index is 14.4. The van der Waals surface area contributed by atoms with E-state index in [1.807, 2.05) is 0 Å². The van der Waals surface area contributed by atoms with Crippen molar-refractivity contribution >= 4 is 34.7 Å². The summed E-state index contributed by atoms with van der Waals surface area (Å²) in [6.45, 7) is 0. The number of ketones is 1. The molecule has 2 N–H and O–H groups in total. The number of carbonyl (C=O) groups is 3. The molecule has 1 aliphatic carbocycles. The number of anilines is 1. The van der Waals surface area contributed by atoms with Crippen LogP contribution in [0.3, 0.4) is 0 Å². The van der Waals surface area contributed by atoms with E-state index in [1.165, 1.54) is 35.5 Å². The second kappa shape index (κ2) is 10.9. The number of esters is 2. The van der Waals surface area contributed by atoms with Crippen molar-refractivity contribution in [3.8, 4) is 0 Å². The molecule has 0 radical (unpaired) electrons. The first-order chi connectivity index (χ1) is 19.6. The molecule has 0 amide bonds. The predicted molar refractivity (Wildman–Crippen MR) is 146 cm³/mol. The number of halogens is 3. The molecular formula is C30H25F3N2O5S. The highest BCUT2D eigenvalue weighted by atomic mass is 32.1. The Kier molecular flexibility index (Phi) is 7.48. The monoisotopic (exact) mass is 582 g/mol. The standard InChI is InChI=1S/C30H25F3N2O5S/c1-39-28(37)23-20(16-7-4-3-5-8-16)14-21-24(26(23)36)22(17-11-12-41-15-17)25(29(38)40-2)27(34)35(21)19-10-6-9-18(13-19)30(31,32)33/h3-13,15,20,22-23H,14,34H2,1-2H3. The highest BCUT2D eigenvalue weighted by molar-refractivity contribution is 7.08. The maximum Gasteiger partial charge on any atom is 0.416 e. The van der Waals surface area contributed by atoms with E-state index in [9.17, 15) is 27.6 Å². The Hall–Kier alpha value is -4.38. The smallest absolute Gasteiger partial charge is 0.416 e. The maximum atomic E-state index is 14.4. The molecule has 2 aromatic carbocycles. The van der Waals surface area contributed by atoms with E-state index < -0.39 is 47.2 Å². The van der Waals surface area contributed by atoms with E-state index in [1.54, 1.807) is 47.2 Å². The molecule has 2 aliphatic rings. The molecule has 7 nitrogen and oxygen atoms in total. The second-order valence-corrected chi connectivity index (χ2v) is 10.4. The van der Waals surface area contributed by atoms with Gasteiger partial charge < -0.3 is 15.2 Å². The molecule has 0 bridgehead atoms. The van der Waals surface area contributed by atoms with E-state index in [0.29, 0.717) is 16.8 Å². The van der Waals surface area contributed by atoms with Gasteiger partial charge in [0.05, 0.1) is 31.3 Å². The van der Waals surface area contributed by atoms with Crippen molar-refractivity contribution in [1.82, 2.24) is 0 Å². The summed E-state index contributed by atoms with van der Waals surface area (Å²) in [5, 5.41) is 3.51. The van der Waals surface area contributed by atoms with Gasteiger partial charge in [-0.2, -0.15) is 24.5 Å². The van der Waals surface area contributed by atoms with Gasteiger partial charge in [0.2, 0.25) is 0 Å². The summed E-state index contributed by atoms with van der Waals surface area (Å²) >= 11 is 1.33. The molecule has 0 fully saturated rings. The quantitative estimate of drug-likeness (QED) is 0.313. The molecule has 11 heteroatoms. The van der Waals surface area contributed by atoms with Gasteiger partial charge in [-0.25, -0.2) is 4.79 Å². The van der Waals surface area contributed by atoms with Crippen LogP contribution in [0.15, 0.2) is 94.1 Å². The number of thiophene rings is 1. The number of allylic oxidation sites excluding steroid dienone is 2. The average molecular weight is 583 g/mol. The number of benzene rings is 2. The average Bonchev–Trinajstić information content (AvgIpc) is 3.50. The normalized spacial score (nSPS) is 21.0. The van der Waals surface area contributed by atoms with Crippen LogP contribution in [0.5, 0.6) is 0 Å². The van der Waals surface area contributed by atoms with Crippen LogP contribution < -0.4 is 10.6 Å². The molecule has 0 saturated carbocycles. The number of alkyl halides is 3. The van der Waals surface area contributed by atoms with Gasteiger partial charge in [0.25, 0.3) is 0 Å². The second-order valence-electron chi connectivity index (χ2n) is 9.61. The molecule has 3 unspecified atom stereocenters. The summed E-state index contributed by atoms with van der Waals surface area (Å²) in [5.41, 5.74) is 7.20. The number of hydrogen-bond acceptors (Lipinski definition) is 8. The minimum absolute atomic E-state index is 0.00567. The molecule has 1 aliphatic heterocycles. The highest BCUT2D eigenvalue weighted by Crippen LogP contribution is 2.52. The molecule has 0 saturated heterocycles. The van der Waals surface area contributed by atoms with Crippen LogP contribution >= 0.6 is 11.3 Å². The lowest BCUT2D eigenvalue weighted by Crippen LogP contribution is -2.46. The lowest BCUT2D eigenvalue weighted by atomic mass is 9.67. The van der Waals surface area contributed by atoms with Crippen LogP contribution in [0.2, 0.25) is 0 Å². The number of carbonyl (C=O) groups excluding carboxylic acids is 3. The van der Waals surface area contributed by atoms with Crippen molar-refractivity contribution in [2.24, 2.45) is 11.7 Å². The SMILES string of the molecule is COC(=O)C1=C(N)N(c2cccc(C(F)(F)F)c2)C2=C(C(=O)C(C(=O)OC)C(c3ccccc3)C2)C1c1ccsc1. The minimum atomic E-state index is -4.66. The number of ether oxygens (including phenoxy) is 2. The zero-order valence-electron chi connectivity index (χ0n) is 22.0. The predicted octanol–water partition coefficient (Wildman–Crippen LogP) is 5.51. The fourth-order valence-electron chi connectivity index (χ4n) is 5.64. The zero-order valence-corrected chi connectivity index (χ0v) is 22.8. The van der Waals surface area contributed by atoms with Crippen molar-refractivity contribution in [1.29, 1.82) is 0 Å². The highest BCUT2D eigenvalue weighted by Gasteiger charge is 2.51. The first-order valence-electron chi connectivity index (χ1n) is 12.6. The fraction of sp³-hybridized carbons (Fsp3) is 0.233. The van der Waals surface area contributed by atoms with Gasteiger partial charge in [0.1, 0.15) is 11.7 Å². The fourth-order valence-corrected chi connectivity index (χ4v) is 6.32. The van der Waals surface area contributed by atoms with Gasteiger partial charge in [-0.3, -0.25) is 14.5 Å². The first kappa shape index (κ1) is 28.2. The summed E-state index contributed by atoms with van der Waals surface area (Å²) in [5.74, 6) is -5.36. The van der Waals surface area contributed by atoms with Crippen LogP contribution in [0, 0.1) is 5.92 Å². The number of hydrogen-bond donors (Lipinski definition) is 1. The number of rotatable bonds is 5. The molecule has 2 heterocycles. The van der Waals surface area contributed by atoms with Crippen molar-refractivity contribution in [3.05, 3.63) is 111 Å². The molecule has 41 heavy (non-hydrogen) atoms. The lowest BCUT2D eigenvalue weighted by Gasteiger charge is -2.44. The summed E-state index contributed by atoms with van der Waals surface area (Å²) in [6, 6.07) is 15.1. The topological polar surface area (TPSA) is 98.9 Å². The van der Waals surface area contributed by atoms with Crippen LogP contribution in [-0.4, -0.2) is 31.9 Å². The number of Topliss-reactive ketones (excluding diaryl/α,β-unsaturated/α-hetero) is 1. The van der Waals surface area contributed by atoms with Crippen molar-refractivity contribution in [2.75, 3.05) is 19.1 Å². The molecule has 3 atom stereocenters. The number of nitrogens with zero attached hydrogens (tertiary/aromatic N) is 1. The van der Waals surface area contributed by atoms with E-state index in [2.05, 4.69) is 0 Å². The van der Waals surface area contributed by atoms with Crippen molar-refractivity contribution in [3.63, 3.8) is 0 Å². The van der Waals surface area contributed by atoms with Gasteiger partial charge in [-0.1, -0.05) is 36.4 Å². The molecule has 3 aromatic rings. The third-order valence-corrected chi connectivity index (χ3v) is 8.14. The Labute approximate surface area is 237 Å². The Morgan fingerprint density at radius 2 is 1.73 bits per heavy atom. The zero-order chi connectivity index (χ0) is 29.5. The molecule has 0 spiro atoms. The Morgan fingerprint density at radius 1 is 1.00 bits per heavy atom. The largest absolute Gasteiger partial charge is 0.468 e. The van der Waals surface area contributed by atoms with Gasteiger partial charge in [0.15, 0.2) is 5.78 Å². The van der Waals surface area contributed by atoms with Crippen LogP contribution in [0.25, 0.3) is 0 Å².